The first kappa shape index (κ1) is 49.2. The highest BCUT2D eigenvalue weighted by molar-refractivity contribution is 6.12. The maximum absolute atomic E-state index is 2.49. The zero-order valence-corrected chi connectivity index (χ0v) is 46.9. The van der Waals surface area contributed by atoms with Gasteiger partial charge in [0, 0.05) is 21.9 Å². The summed E-state index contributed by atoms with van der Waals surface area (Å²) in [6, 6.07) is 115. The predicted molar refractivity (Wildman–Crippen MR) is 357 cm³/mol. The summed E-state index contributed by atoms with van der Waals surface area (Å²) in [6.45, 7) is 4.79. The van der Waals surface area contributed by atoms with Gasteiger partial charge >= 0.3 is 0 Å². The Morgan fingerprint density at radius 2 is 0.536 bits per heavy atom. The molecular formula is C83H57N. The van der Waals surface area contributed by atoms with Crippen LogP contribution in [0.15, 0.2) is 309 Å². The van der Waals surface area contributed by atoms with Gasteiger partial charge in [-0.15, -0.1) is 0 Å². The van der Waals surface area contributed by atoms with Crippen LogP contribution in [0.25, 0.3) is 149 Å². The maximum Gasteiger partial charge on any atom is 0.0541 e. The van der Waals surface area contributed by atoms with E-state index >= 15 is 0 Å². The molecule has 0 fully saturated rings. The van der Waals surface area contributed by atoms with E-state index in [0.717, 1.165) is 0 Å². The van der Waals surface area contributed by atoms with E-state index in [4.69, 9.17) is 0 Å². The third-order valence-corrected chi connectivity index (χ3v) is 18.1. The van der Waals surface area contributed by atoms with E-state index in [9.17, 15) is 0 Å². The first-order chi connectivity index (χ1) is 41.4. The van der Waals surface area contributed by atoms with Gasteiger partial charge in [-0.25, -0.2) is 0 Å². The number of hydrogen-bond donors (Lipinski definition) is 0. The molecule has 1 aromatic heterocycles. The van der Waals surface area contributed by atoms with Gasteiger partial charge in [-0.05, 0) is 175 Å². The third-order valence-electron chi connectivity index (χ3n) is 18.1. The van der Waals surface area contributed by atoms with Gasteiger partial charge in [0.15, 0.2) is 0 Å². The van der Waals surface area contributed by atoms with Crippen molar-refractivity contribution >= 4 is 43.4 Å². The molecule has 14 aromatic carbocycles. The topological polar surface area (TPSA) is 4.93 Å². The van der Waals surface area contributed by atoms with Gasteiger partial charge in [0.25, 0.3) is 0 Å². The van der Waals surface area contributed by atoms with Crippen LogP contribution in [0.1, 0.15) is 25.0 Å². The molecular weight excluding hydrogens is 1010 g/mol. The zero-order valence-electron chi connectivity index (χ0n) is 46.9. The van der Waals surface area contributed by atoms with Gasteiger partial charge in [0.2, 0.25) is 0 Å². The van der Waals surface area contributed by atoms with E-state index in [0.29, 0.717) is 0 Å². The van der Waals surface area contributed by atoms with E-state index in [2.05, 4.69) is 328 Å². The summed E-state index contributed by atoms with van der Waals surface area (Å²) in [6.07, 6.45) is 0. The molecule has 0 atom stereocenters. The SMILES string of the molecule is CC1(C)c2cc(-c3ccc(-c4ccccc4)cc3)ccc2-c2ccc(-n3c4ccc(-c5ccc(-c6ccc(-c7cccc8ccccc78)cc6)cc5)cc4c4cc(-c5ccc(-c6ccc(-c7cccc8ccccc78)cc6)cc5)ccc43)cc21. The lowest BCUT2D eigenvalue weighted by Crippen LogP contribution is -2.15. The van der Waals surface area contributed by atoms with Gasteiger partial charge in [-0.3, -0.25) is 0 Å². The number of aromatic nitrogens is 1. The lowest BCUT2D eigenvalue weighted by molar-refractivity contribution is 0.660. The fourth-order valence-corrected chi connectivity index (χ4v) is 13.5. The van der Waals surface area contributed by atoms with E-state index in [1.165, 1.54) is 160 Å². The van der Waals surface area contributed by atoms with Crippen molar-refractivity contribution in [3.05, 3.63) is 321 Å². The van der Waals surface area contributed by atoms with Crippen LogP contribution >= 0.6 is 0 Å². The van der Waals surface area contributed by atoms with Crippen LogP contribution in [-0.2, 0) is 5.41 Å². The molecule has 0 amide bonds. The molecule has 1 heterocycles. The second-order valence-electron chi connectivity index (χ2n) is 23.2. The van der Waals surface area contributed by atoms with Crippen LogP contribution in [0.5, 0.6) is 0 Å². The summed E-state index contributed by atoms with van der Waals surface area (Å²) >= 11 is 0. The molecule has 0 spiro atoms. The van der Waals surface area contributed by atoms with Gasteiger partial charge < -0.3 is 4.57 Å². The van der Waals surface area contributed by atoms with Crippen LogP contribution < -0.4 is 0 Å². The number of rotatable bonds is 9. The second kappa shape index (κ2) is 19.8. The van der Waals surface area contributed by atoms with Gasteiger partial charge in [0.05, 0.1) is 11.0 Å². The molecule has 0 aliphatic heterocycles. The van der Waals surface area contributed by atoms with E-state index < -0.39 is 0 Å². The van der Waals surface area contributed by atoms with Crippen LogP contribution in [0.4, 0.5) is 0 Å². The minimum absolute atomic E-state index is 0.213. The van der Waals surface area contributed by atoms with Crippen LogP contribution in [-0.4, -0.2) is 4.57 Å². The Balaban J connectivity index is 0.749. The van der Waals surface area contributed by atoms with Crippen molar-refractivity contribution in [3.63, 3.8) is 0 Å². The highest BCUT2D eigenvalue weighted by atomic mass is 15.0. The van der Waals surface area contributed by atoms with Crippen molar-refractivity contribution in [2.75, 3.05) is 0 Å². The molecule has 15 aromatic rings. The van der Waals surface area contributed by atoms with Gasteiger partial charge in [0.1, 0.15) is 0 Å². The molecule has 0 saturated carbocycles. The predicted octanol–water partition coefficient (Wildman–Crippen LogP) is 22.7. The number of hydrogen-bond acceptors (Lipinski definition) is 0. The Bertz CT molecular complexity index is 4790. The minimum atomic E-state index is -0.213. The smallest absolute Gasteiger partial charge is 0.0541 e. The van der Waals surface area contributed by atoms with E-state index in [1.54, 1.807) is 0 Å². The summed E-state index contributed by atoms with van der Waals surface area (Å²) in [4.78, 5) is 0. The quantitative estimate of drug-likeness (QED) is 0.136. The fraction of sp³-hybridized carbons (Fsp3) is 0.0361. The maximum atomic E-state index is 2.49. The molecule has 0 radical (unpaired) electrons. The highest BCUT2D eigenvalue weighted by Gasteiger charge is 2.36. The van der Waals surface area contributed by atoms with Crippen LogP contribution in [0, 0.1) is 0 Å². The largest absolute Gasteiger partial charge is 0.309 e. The summed E-state index contributed by atoms with van der Waals surface area (Å²) in [7, 11) is 0. The third kappa shape index (κ3) is 8.39. The summed E-state index contributed by atoms with van der Waals surface area (Å²) in [5, 5.41) is 7.52. The lowest BCUT2D eigenvalue weighted by Gasteiger charge is -2.23. The summed E-state index contributed by atoms with van der Waals surface area (Å²) < 4.78 is 2.49. The standard InChI is InChI=1S/C83H57N/c1-83(2)79-52-69(62-32-22-55(23-33-62)54-12-4-3-5-13-54)42-46-75(79)76-47-45-70(53-80(76)83)84-81-48-43-67(60-28-24-56(25-29-60)58-34-38-65(39-35-58)73-20-10-16-63-14-6-8-18-71(63)73)50-77(81)78-51-68(44-49-82(78)84)61-30-26-57(27-31-61)59-36-40-66(41-37-59)74-21-11-17-64-15-7-9-19-72(64)74/h3-53H,1-2H3. The van der Waals surface area contributed by atoms with Crippen LogP contribution in [0.2, 0.25) is 0 Å². The molecule has 16 rings (SSSR count). The number of nitrogens with zero attached hydrogens (tertiary/aromatic N) is 1. The molecule has 0 N–H and O–H groups in total. The Hall–Kier alpha value is -10.6. The summed E-state index contributed by atoms with van der Waals surface area (Å²) in [5.41, 5.74) is 28.1. The Labute approximate surface area is 490 Å². The molecule has 394 valence electrons. The Morgan fingerprint density at radius 1 is 0.214 bits per heavy atom. The molecule has 0 bridgehead atoms. The summed E-state index contributed by atoms with van der Waals surface area (Å²) in [5.74, 6) is 0. The van der Waals surface area contributed by atoms with E-state index in [1.807, 2.05) is 0 Å². The molecule has 1 aliphatic rings. The zero-order chi connectivity index (χ0) is 55.9. The monoisotopic (exact) mass is 1070 g/mol. The average Bonchev–Trinajstić information content (AvgIpc) is 3.07. The van der Waals surface area contributed by atoms with Crippen LogP contribution in [0.3, 0.4) is 0 Å². The van der Waals surface area contributed by atoms with Crippen molar-refractivity contribution in [3.8, 4) is 106 Å². The Morgan fingerprint density at radius 3 is 0.988 bits per heavy atom. The van der Waals surface area contributed by atoms with E-state index in [-0.39, 0.29) is 5.41 Å². The number of benzene rings is 14. The molecule has 0 unspecified atom stereocenters. The molecule has 1 nitrogen and oxygen atoms in total. The van der Waals surface area contributed by atoms with Crippen molar-refractivity contribution in [2.45, 2.75) is 19.3 Å². The lowest BCUT2D eigenvalue weighted by atomic mass is 9.81. The fourth-order valence-electron chi connectivity index (χ4n) is 13.5. The molecule has 1 heteroatoms. The average molecular weight is 1070 g/mol. The Kier molecular flexibility index (Phi) is 11.6. The van der Waals surface area contributed by atoms with Crippen molar-refractivity contribution in [1.29, 1.82) is 0 Å². The van der Waals surface area contributed by atoms with Crippen molar-refractivity contribution in [2.24, 2.45) is 0 Å². The molecule has 84 heavy (non-hydrogen) atoms. The molecule has 1 aliphatic carbocycles. The second-order valence-corrected chi connectivity index (χ2v) is 23.2. The number of fused-ring (bicyclic) bond motifs is 8. The normalized spacial score (nSPS) is 12.5. The molecule has 0 saturated heterocycles. The van der Waals surface area contributed by atoms with Crippen molar-refractivity contribution < 1.29 is 0 Å². The van der Waals surface area contributed by atoms with Gasteiger partial charge in [-0.1, -0.05) is 281 Å². The minimum Gasteiger partial charge on any atom is -0.309 e. The van der Waals surface area contributed by atoms with Gasteiger partial charge in [-0.2, -0.15) is 0 Å². The first-order valence-electron chi connectivity index (χ1n) is 29.3. The van der Waals surface area contributed by atoms with Crippen molar-refractivity contribution in [1.82, 2.24) is 4.57 Å². The first-order valence-corrected chi connectivity index (χ1v) is 29.3. The highest BCUT2D eigenvalue weighted by Crippen LogP contribution is 2.51.